The first kappa shape index (κ1) is 35.4. The van der Waals surface area contributed by atoms with Gasteiger partial charge in [-0.05, 0) is 38.8 Å². The number of benzene rings is 3. The third-order valence-electron chi connectivity index (χ3n) is 7.43. The monoisotopic (exact) mass is 680 g/mol. The zero-order valence-electron chi connectivity index (χ0n) is 25.2. The summed E-state index contributed by atoms with van der Waals surface area (Å²) >= 11 is 0. The number of nitriles is 3. The normalized spacial score (nSPS) is 14.8. The summed E-state index contributed by atoms with van der Waals surface area (Å²) in [6.45, 7) is 3.91. The van der Waals surface area contributed by atoms with Crippen molar-refractivity contribution in [3.63, 3.8) is 0 Å². The smallest absolute Gasteiger partial charge is 0.185 e. The van der Waals surface area contributed by atoms with Gasteiger partial charge in [-0.3, -0.25) is 0 Å². The Morgan fingerprint density at radius 2 is 0.898 bits per heavy atom. The number of hydrogen-bond donors (Lipinski definition) is 1. The molecule has 1 fully saturated rings. The van der Waals surface area contributed by atoms with Crippen molar-refractivity contribution < 1.29 is 43.9 Å². The summed E-state index contributed by atoms with van der Waals surface area (Å²) < 4.78 is 151. The zero-order valence-corrected chi connectivity index (χ0v) is 25.2. The summed E-state index contributed by atoms with van der Waals surface area (Å²) in [7, 11) is 0. The van der Waals surface area contributed by atoms with E-state index in [1.54, 1.807) is 0 Å². The van der Waals surface area contributed by atoms with Gasteiger partial charge >= 0.3 is 0 Å². The number of hydrogen-bond acceptors (Lipinski definition) is 4. The fourth-order valence-corrected chi connectivity index (χ4v) is 5.14. The SMILES string of the molecule is CC#CC(=C1C(=C(C#N)c2c(C)c(F)c(N)c(F)c2F)C1=C(C#N)c1c(F)c(F)c(C#CC)c(F)c1F)c1c(C)c(F)c(C#N)c(F)c1F. The molecular weight excluding hydrogens is 666 g/mol. The summed E-state index contributed by atoms with van der Waals surface area (Å²) in [6, 6.07) is 3.85. The maximum absolute atomic E-state index is 15.6. The number of nitrogen functional groups attached to an aromatic ring is 1. The van der Waals surface area contributed by atoms with Crippen molar-refractivity contribution in [2.75, 3.05) is 5.73 Å². The van der Waals surface area contributed by atoms with E-state index in [9.17, 15) is 32.5 Å². The van der Waals surface area contributed by atoms with Gasteiger partial charge in [-0.25, -0.2) is 43.9 Å². The highest BCUT2D eigenvalue weighted by Gasteiger charge is 2.45. The number of nitrogens with two attached hydrogens (primary N) is 1. The van der Waals surface area contributed by atoms with Gasteiger partial charge in [0, 0.05) is 33.4 Å². The van der Waals surface area contributed by atoms with Crippen LogP contribution in [0.4, 0.5) is 49.6 Å². The summed E-state index contributed by atoms with van der Waals surface area (Å²) in [5, 5.41) is 29.4. The van der Waals surface area contributed by atoms with Crippen LogP contribution in [0.15, 0.2) is 16.7 Å². The molecule has 0 aliphatic heterocycles. The van der Waals surface area contributed by atoms with Gasteiger partial charge in [0.25, 0.3) is 0 Å². The third-order valence-corrected chi connectivity index (χ3v) is 7.43. The van der Waals surface area contributed by atoms with E-state index in [2.05, 4.69) is 11.8 Å². The van der Waals surface area contributed by atoms with Gasteiger partial charge in [-0.15, -0.1) is 11.8 Å². The molecule has 0 saturated heterocycles. The molecule has 4 nitrogen and oxygen atoms in total. The molecule has 0 unspecified atom stereocenters. The Morgan fingerprint density at radius 3 is 1.37 bits per heavy atom. The molecule has 49 heavy (non-hydrogen) atoms. The van der Waals surface area contributed by atoms with Gasteiger partial charge in [-0.2, -0.15) is 15.8 Å². The van der Waals surface area contributed by atoms with Crippen LogP contribution in [-0.4, -0.2) is 0 Å². The number of halogens is 10. The maximum atomic E-state index is 15.6. The van der Waals surface area contributed by atoms with Gasteiger partial charge < -0.3 is 5.73 Å². The molecule has 1 saturated carbocycles. The molecule has 0 atom stereocenters. The van der Waals surface area contributed by atoms with Crippen molar-refractivity contribution in [1.82, 2.24) is 0 Å². The fraction of sp³-hybridized carbons (Fsp3) is 0.114. The second kappa shape index (κ2) is 13.0. The van der Waals surface area contributed by atoms with Crippen LogP contribution in [-0.2, 0) is 0 Å². The predicted octanol–water partition coefficient (Wildman–Crippen LogP) is 8.26. The number of nitrogens with zero attached hydrogens (tertiary/aromatic N) is 3. The van der Waals surface area contributed by atoms with Crippen molar-refractivity contribution in [2.45, 2.75) is 27.7 Å². The molecule has 0 amide bonds. The van der Waals surface area contributed by atoms with Crippen LogP contribution in [0.25, 0.3) is 16.7 Å². The molecule has 0 bridgehead atoms. The molecule has 3 aromatic carbocycles. The Hall–Kier alpha value is -6.43. The van der Waals surface area contributed by atoms with Crippen molar-refractivity contribution in [3.05, 3.63) is 114 Å². The lowest BCUT2D eigenvalue weighted by atomic mass is 9.94. The molecule has 0 aromatic heterocycles. The van der Waals surface area contributed by atoms with E-state index in [1.165, 1.54) is 12.1 Å². The summed E-state index contributed by atoms with van der Waals surface area (Å²) in [4.78, 5) is 0. The second-order valence-corrected chi connectivity index (χ2v) is 10.0. The topological polar surface area (TPSA) is 97.4 Å². The van der Waals surface area contributed by atoms with Crippen LogP contribution in [0.2, 0.25) is 0 Å². The second-order valence-electron chi connectivity index (χ2n) is 10.0. The minimum Gasteiger partial charge on any atom is -0.394 e. The van der Waals surface area contributed by atoms with E-state index < -0.39 is 136 Å². The van der Waals surface area contributed by atoms with Crippen LogP contribution in [0.3, 0.4) is 0 Å². The first-order valence-electron chi connectivity index (χ1n) is 13.3. The lowest BCUT2D eigenvalue weighted by Gasteiger charge is -2.11. The number of allylic oxidation sites excluding steroid dienone is 6. The molecular formula is C35H14F10N4. The Labute approximate surface area is 271 Å². The Morgan fingerprint density at radius 1 is 0.490 bits per heavy atom. The molecule has 14 heteroatoms. The average molecular weight is 681 g/mol. The van der Waals surface area contributed by atoms with Crippen LogP contribution in [0.5, 0.6) is 0 Å². The average Bonchev–Trinajstić information content (AvgIpc) is 3.80. The van der Waals surface area contributed by atoms with Crippen LogP contribution >= 0.6 is 0 Å². The predicted molar refractivity (Wildman–Crippen MR) is 155 cm³/mol. The van der Waals surface area contributed by atoms with Crippen molar-refractivity contribution in [3.8, 4) is 41.9 Å². The largest absolute Gasteiger partial charge is 0.394 e. The summed E-state index contributed by atoms with van der Waals surface area (Å²) in [5.41, 5.74) is -10.0. The van der Waals surface area contributed by atoms with Gasteiger partial charge in [0.15, 0.2) is 52.4 Å². The van der Waals surface area contributed by atoms with E-state index in [4.69, 9.17) is 11.0 Å². The Kier molecular flexibility index (Phi) is 9.39. The highest BCUT2D eigenvalue weighted by molar-refractivity contribution is 6.13. The van der Waals surface area contributed by atoms with E-state index in [1.807, 2.05) is 11.8 Å². The zero-order chi connectivity index (χ0) is 36.8. The molecule has 244 valence electrons. The first-order valence-corrected chi connectivity index (χ1v) is 13.3. The molecule has 0 heterocycles. The number of rotatable bonds is 3. The quantitative estimate of drug-likeness (QED) is 0.0991. The molecule has 1 aliphatic carbocycles. The highest BCUT2D eigenvalue weighted by Crippen LogP contribution is 2.57. The molecule has 2 N–H and O–H groups in total. The summed E-state index contributed by atoms with van der Waals surface area (Å²) in [6.07, 6.45) is 0. The lowest BCUT2D eigenvalue weighted by molar-refractivity contribution is 0.447. The standard InChI is InChI=1S/C35H14F10N4/c1-5-7-14(19-12(3)25(36)18(11-48)29(40)30(19)41)21-22(16(9-46)20-13(4)26(37)35(49)34(45)31(20)42)23(21)17(10-47)24-32(43)27(38)15(8-6-2)28(39)33(24)44/h49H2,1-4H3. The van der Waals surface area contributed by atoms with Gasteiger partial charge in [0.05, 0.1) is 16.7 Å². The maximum Gasteiger partial charge on any atom is 0.185 e. The van der Waals surface area contributed by atoms with Crippen LogP contribution in [0.1, 0.15) is 52.8 Å². The van der Waals surface area contributed by atoms with Crippen molar-refractivity contribution in [1.29, 1.82) is 15.8 Å². The van der Waals surface area contributed by atoms with Crippen LogP contribution < -0.4 is 5.73 Å². The van der Waals surface area contributed by atoms with Crippen molar-refractivity contribution in [2.24, 2.45) is 0 Å². The minimum absolute atomic E-state index is 0.763. The van der Waals surface area contributed by atoms with Crippen molar-refractivity contribution >= 4 is 22.4 Å². The molecule has 4 rings (SSSR count). The summed E-state index contributed by atoms with van der Waals surface area (Å²) in [5.74, 6) is -11.1. The molecule has 0 radical (unpaired) electrons. The lowest BCUT2D eigenvalue weighted by Crippen LogP contribution is -2.07. The molecule has 1 aliphatic rings. The van der Waals surface area contributed by atoms with E-state index in [0.717, 1.165) is 33.8 Å². The van der Waals surface area contributed by atoms with Gasteiger partial charge in [0.1, 0.15) is 40.8 Å². The van der Waals surface area contributed by atoms with E-state index in [-0.39, 0.29) is 0 Å². The Balaban J connectivity index is 2.40. The number of anilines is 1. The third kappa shape index (κ3) is 5.23. The molecule has 0 spiro atoms. The minimum atomic E-state index is -2.18. The first-order chi connectivity index (χ1) is 23.1. The highest BCUT2D eigenvalue weighted by atomic mass is 19.2. The molecule has 3 aromatic rings. The van der Waals surface area contributed by atoms with E-state index >= 15 is 22.0 Å². The Bertz CT molecular complexity index is 2340. The van der Waals surface area contributed by atoms with Gasteiger partial charge in [-0.1, -0.05) is 11.8 Å². The van der Waals surface area contributed by atoms with Gasteiger partial charge in [0.2, 0.25) is 0 Å². The van der Waals surface area contributed by atoms with Crippen LogP contribution in [0, 0.1) is 130 Å². The fourth-order valence-electron chi connectivity index (χ4n) is 5.14. The van der Waals surface area contributed by atoms with E-state index in [0.29, 0.717) is 0 Å².